The Kier molecular flexibility index (Phi) is 34.5. The van der Waals surface area contributed by atoms with E-state index < -0.39 is 129 Å². The SMILES string of the molecule is CC(C)(C)Nc1cc(COP(=O)(O)OC(C)(C)C)ccc1OC1OC(C(=O)O)C(O)C(O)C1O.CC(C)(C)Nc1ccc(COC(C)(C)C)cc1.CC1C(Oc2ccc(COC(C)(C)C)cc2NC(C)(C)C)OC(C(=O)O)C(O)C1O.CC1C(Oc2ccc(COC(C)(C)C)cc2NC(C)(C)C)OC(CO)C(O)C1O. The van der Waals surface area contributed by atoms with Crippen LogP contribution in [0.15, 0.2) is 78.9 Å². The average Bonchev–Trinajstić information content (AvgIpc) is 0.813. The second-order valence-electron chi connectivity index (χ2n) is 36.1. The first-order valence-electron chi connectivity index (χ1n) is 37.0. The fourth-order valence-electron chi connectivity index (χ4n) is 10.6. The highest BCUT2D eigenvalue weighted by Crippen LogP contribution is 2.48. The Balaban J connectivity index is 0.000000317. The van der Waals surface area contributed by atoms with E-state index in [9.17, 15) is 70.1 Å². The second kappa shape index (κ2) is 39.3. The maximum Gasteiger partial charge on any atom is 0.473 e. The minimum absolute atomic E-state index is 0.0810. The van der Waals surface area contributed by atoms with Crippen molar-refractivity contribution in [3.63, 3.8) is 0 Å². The van der Waals surface area contributed by atoms with Crippen LogP contribution in [0.5, 0.6) is 17.2 Å². The molecule has 110 heavy (non-hydrogen) atoms. The van der Waals surface area contributed by atoms with Gasteiger partial charge in [0, 0.05) is 39.7 Å². The smallest absolute Gasteiger partial charge is 0.473 e. The summed E-state index contributed by atoms with van der Waals surface area (Å²) in [6, 6.07) is 24.3. The highest BCUT2D eigenvalue weighted by molar-refractivity contribution is 7.47. The van der Waals surface area contributed by atoms with Crippen LogP contribution in [-0.2, 0) is 78.1 Å². The molecule has 16 unspecified atom stereocenters. The number of rotatable bonds is 23. The summed E-state index contributed by atoms with van der Waals surface area (Å²) in [4.78, 5) is 32.6. The molecule has 0 amide bonds. The van der Waals surface area contributed by atoms with Crippen molar-refractivity contribution in [2.24, 2.45) is 11.8 Å². The van der Waals surface area contributed by atoms with Gasteiger partial charge in [-0.2, -0.15) is 0 Å². The van der Waals surface area contributed by atoms with Crippen molar-refractivity contribution < 1.29 is 122 Å². The number of aliphatic carboxylic acids is 2. The largest absolute Gasteiger partial charge is 0.479 e. The first kappa shape index (κ1) is 96.3. The van der Waals surface area contributed by atoms with Gasteiger partial charge in [0.15, 0.2) is 12.2 Å². The molecule has 30 heteroatoms. The Bertz CT molecular complexity index is 3560. The summed E-state index contributed by atoms with van der Waals surface area (Å²) in [6.45, 7) is 51.6. The summed E-state index contributed by atoms with van der Waals surface area (Å²) in [5.74, 6) is -2.84. The molecule has 3 saturated heterocycles. The average molecular weight is 1580 g/mol. The third-order valence-corrected chi connectivity index (χ3v) is 17.0. The number of phosphoric acid groups is 1. The van der Waals surface area contributed by atoms with Crippen molar-refractivity contribution in [3.05, 3.63) is 101 Å². The van der Waals surface area contributed by atoms with Crippen LogP contribution >= 0.6 is 7.82 Å². The molecule has 4 aromatic carbocycles. The van der Waals surface area contributed by atoms with Crippen LogP contribution in [0.3, 0.4) is 0 Å². The van der Waals surface area contributed by atoms with Crippen molar-refractivity contribution in [2.75, 3.05) is 27.9 Å². The van der Waals surface area contributed by atoms with Gasteiger partial charge < -0.3 is 120 Å². The Hall–Kier alpha value is -6.03. The molecule has 3 aliphatic heterocycles. The molecule has 0 radical (unpaired) electrons. The topological polar surface area (TPSA) is 423 Å². The molecule has 3 heterocycles. The van der Waals surface area contributed by atoms with Crippen LogP contribution in [0.4, 0.5) is 22.7 Å². The van der Waals surface area contributed by atoms with Gasteiger partial charge in [-0.3, -0.25) is 9.05 Å². The number of hydrogen-bond acceptors (Lipinski definition) is 26. The van der Waals surface area contributed by atoms with E-state index in [-0.39, 0.29) is 45.8 Å². The molecule has 3 aliphatic rings. The molecular weight excluding hydrogens is 1450 g/mol. The molecule has 0 bridgehead atoms. The minimum atomic E-state index is -4.33. The molecule has 4 aromatic rings. The molecule has 15 N–H and O–H groups in total. The van der Waals surface area contributed by atoms with Gasteiger partial charge in [0.05, 0.1) is 84.7 Å². The van der Waals surface area contributed by atoms with E-state index in [1.165, 1.54) is 17.7 Å². The molecular formula is C80H131N4O25P. The number of anilines is 4. The van der Waals surface area contributed by atoms with Crippen LogP contribution in [-0.4, -0.2) is 199 Å². The molecule has 626 valence electrons. The second-order valence-corrected chi connectivity index (χ2v) is 37.5. The Morgan fingerprint density at radius 3 is 1.06 bits per heavy atom. The summed E-state index contributed by atoms with van der Waals surface area (Å²) >= 11 is 0. The Morgan fingerprint density at radius 2 is 0.718 bits per heavy atom. The van der Waals surface area contributed by atoms with E-state index in [4.69, 9.17) is 51.7 Å². The lowest BCUT2D eigenvalue weighted by molar-refractivity contribution is -0.271. The van der Waals surface area contributed by atoms with Gasteiger partial charge >= 0.3 is 19.8 Å². The van der Waals surface area contributed by atoms with Crippen LogP contribution in [0, 0.1) is 11.8 Å². The summed E-state index contributed by atoms with van der Waals surface area (Å²) in [5.41, 5.74) is 4.31. The van der Waals surface area contributed by atoms with E-state index in [0.717, 1.165) is 22.5 Å². The highest BCUT2D eigenvalue weighted by Gasteiger charge is 2.50. The third kappa shape index (κ3) is 34.0. The van der Waals surface area contributed by atoms with Crippen LogP contribution in [0.25, 0.3) is 0 Å². The maximum absolute atomic E-state index is 12.2. The molecule has 16 atom stereocenters. The zero-order valence-electron chi connectivity index (χ0n) is 69.3. The van der Waals surface area contributed by atoms with Gasteiger partial charge in [-0.1, -0.05) is 44.2 Å². The minimum Gasteiger partial charge on any atom is -0.479 e. The van der Waals surface area contributed by atoms with Crippen LogP contribution in [0.2, 0.25) is 0 Å². The van der Waals surface area contributed by atoms with Crippen molar-refractivity contribution in [1.29, 1.82) is 0 Å². The summed E-state index contributed by atoms with van der Waals surface area (Å²) in [5, 5.41) is 112. The lowest BCUT2D eigenvalue weighted by atomic mass is 9.92. The lowest BCUT2D eigenvalue weighted by Crippen LogP contribution is -2.61. The number of carbonyl (C=O) groups is 2. The fourth-order valence-corrected chi connectivity index (χ4v) is 11.6. The zero-order valence-corrected chi connectivity index (χ0v) is 70.2. The Labute approximate surface area is 650 Å². The molecule has 0 spiro atoms. The maximum atomic E-state index is 12.2. The quantitative estimate of drug-likeness (QED) is 0.0307. The van der Waals surface area contributed by atoms with E-state index >= 15 is 0 Å². The van der Waals surface area contributed by atoms with Crippen LogP contribution < -0.4 is 35.5 Å². The number of carboxylic acids is 2. The normalized spacial score (nSPS) is 25.5. The highest BCUT2D eigenvalue weighted by atomic mass is 31.2. The number of benzene rings is 4. The number of aliphatic hydroxyl groups is 8. The number of nitrogens with one attached hydrogen (secondary N) is 4. The predicted octanol–water partition coefficient (Wildman–Crippen LogP) is 11.2. The van der Waals surface area contributed by atoms with Gasteiger partial charge in [0.1, 0.15) is 53.9 Å². The molecule has 7 rings (SSSR count). The molecule has 0 aromatic heterocycles. The fraction of sp³-hybridized carbons (Fsp3) is 0.675. The van der Waals surface area contributed by atoms with Crippen LogP contribution in [0.1, 0.15) is 202 Å². The zero-order chi connectivity index (χ0) is 84.0. The first-order chi connectivity index (χ1) is 50.0. The predicted molar refractivity (Wildman–Crippen MR) is 419 cm³/mol. The van der Waals surface area contributed by atoms with Gasteiger partial charge in [0.25, 0.3) is 0 Å². The van der Waals surface area contributed by atoms with E-state index in [1.807, 2.05) is 113 Å². The van der Waals surface area contributed by atoms with Gasteiger partial charge in [-0.25, -0.2) is 14.2 Å². The molecule has 0 aliphatic carbocycles. The first-order valence-corrected chi connectivity index (χ1v) is 38.5. The number of hydrogen-bond donors (Lipinski definition) is 15. The van der Waals surface area contributed by atoms with E-state index in [1.54, 1.807) is 46.8 Å². The number of carboxylic acid groups (broad SMARTS) is 2. The van der Waals surface area contributed by atoms with Crippen molar-refractivity contribution in [1.82, 2.24) is 0 Å². The standard InChI is InChI=1S/C22H35NO7.C22H37NO6.C21H34NO11P.C15H25NO/c1-12-16(24)17(25)18(19(26)27)30-20(12)29-15-9-8-13(11-28-22(5,6)7)10-14(15)23-21(2,3)4;1-13-18(25)19(26)17(11-24)29-20(13)28-16-9-8-14(12-27-22(5,6)7)10-15(16)23-21(2,3)4;1-20(2,3)22-12-9-11(10-30-34(28,29)33-21(4,5)6)7-8-13(12)31-19-16(25)14(23)15(24)17(32-19)18(26)27;1-14(2,3)16-13-9-7-12(8-10-13)11-17-15(4,5)6/h8-10,12,16-18,20,23-25H,11H2,1-7H3,(H,26,27);8-10,13,17-20,23-26H,11-12H2,1-7H3;7-9,14-17,19,22-25H,10H2,1-6H3,(H,26,27)(H,28,29);7-10,16H,11H2,1-6H3. The van der Waals surface area contributed by atoms with E-state index in [0.29, 0.717) is 48.3 Å². The van der Waals surface area contributed by atoms with Gasteiger partial charge in [-0.05, 0) is 237 Å². The van der Waals surface area contributed by atoms with Crippen molar-refractivity contribution in [2.45, 2.75) is 331 Å². The number of ether oxygens (including phenoxy) is 9. The van der Waals surface area contributed by atoms with Crippen molar-refractivity contribution in [3.8, 4) is 17.2 Å². The molecule has 29 nitrogen and oxygen atoms in total. The summed E-state index contributed by atoms with van der Waals surface area (Å²) in [6.07, 6.45) is -18.1. The third-order valence-electron chi connectivity index (χ3n) is 15.8. The van der Waals surface area contributed by atoms with Crippen molar-refractivity contribution >= 4 is 42.5 Å². The summed E-state index contributed by atoms with van der Waals surface area (Å²) < 4.78 is 73.9. The Morgan fingerprint density at radius 1 is 0.400 bits per heavy atom. The number of phosphoric ester groups is 1. The van der Waals surface area contributed by atoms with Gasteiger partial charge in [0.2, 0.25) is 18.9 Å². The number of aliphatic hydroxyl groups excluding tert-OH is 8. The molecule has 0 saturated carbocycles. The lowest BCUT2D eigenvalue weighted by Gasteiger charge is -2.41. The monoisotopic (exact) mass is 1580 g/mol. The molecule has 3 fully saturated rings. The summed E-state index contributed by atoms with van der Waals surface area (Å²) in [7, 11) is -4.33. The van der Waals surface area contributed by atoms with Gasteiger partial charge in [-0.15, -0.1) is 0 Å². The van der Waals surface area contributed by atoms with E-state index in [2.05, 4.69) is 108 Å².